The Bertz CT molecular complexity index is 985. The normalized spacial score (nSPS) is 10.5. The zero-order valence-electron chi connectivity index (χ0n) is 15.6. The van der Waals surface area contributed by atoms with Crippen LogP contribution in [-0.4, -0.2) is 29.2 Å². The van der Waals surface area contributed by atoms with Gasteiger partial charge in [0.1, 0.15) is 17.3 Å². The summed E-state index contributed by atoms with van der Waals surface area (Å²) in [5.41, 5.74) is 1.67. The molecule has 2 N–H and O–H groups in total. The lowest BCUT2D eigenvalue weighted by atomic mass is 10.2. The smallest absolute Gasteiger partial charge is 0.232 e. The van der Waals surface area contributed by atoms with Gasteiger partial charge in [-0.1, -0.05) is 29.3 Å². The molecule has 0 amide bonds. The molecule has 0 aliphatic heterocycles. The average Bonchev–Trinajstić information content (AvgIpc) is 2.69. The molecular weight excluding hydrogens is 401 g/mol. The van der Waals surface area contributed by atoms with Crippen LogP contribution in [0.5, 0.6) is 11.5 Å². The highest BCUT2D eigenvalue weighted by molar-refractivity contribution is 6.42. The quantitative estimate of drug-likeness (QED) is 0.565. The Morgan fingerprint density at radius 3 is 2.39 bits per heavy atom. The second-order valence-electron chi connectivity index (χ2n) is 5.82. The Morgan fingerprint density at radius 2 is 1.68 bits per heavy atom. The van der Waals surface area contributed by atoms with E-state index in [2.05, 4.69) is 25.6 Å². The monoisotopic (exact) mass is 419 g/mol. The van der Waals surface area contributed by atoms with Gasteiger partial charge in [0.2, 0.25) is 11.9 Å². The summed E-state index contributed by atoms with van der Waals surface area (Å²) in [6.45, 7) is 2.29. The van der Waals surface area contributed by atoms with Gasteiger partial charge < -0.3 is 20.1 Å². The summed E-state index contributed by atoms with van der Waals surface area (Å²) >= 11 is 12.0. The van der Waals surface area contributed by atoms with E-state index in [0.717, 1.165) is 5.56 Å². The Balaban J connectivity index is 1.77. The van der Waals surface area contributed by atoms with Crippen LogP contribution >= 0.6 is 23.2 Å². The first-order chi connectivity index (χ1) is 13.5. The number of benzene rings is 2. The van der Waals surface area contributed by atoms with E-state index in [0.29, 0.717) is 51.5 Å². The number of aryl methyl sites for hydroxylation is 1. The lowest BCUT2D eigenvalue weighted by Gasteiger charge is -2.13. The Morgan fingerprint density at radius 1 is 0.893 bits per heavy atom. The van der Waals surface area contributed by atoms with Crippen molar-refractivity contribution >= 4 is 40.8 Å². The number of methoxy groups -OCH3 is 2. The molecule has 3 rings (SSSR count). The van der Waals surface area contributed by atoms with E-state index < -0.39 is 0 Å². The largest absolute Gasteiger partial charge is 0.497 e. The van der Waals surface area contributed by atoms with Crippen molar-refractivity contribution in [3.63, 3.8) is 0 Å². The van der Waals surface area contributed by atoms with Gasteiger partial charge in [0.25, 0.3) is 0 Å². The number of hydrogen-bond acceptors (Lipinski definition) is 7. The number of nitrogens with zero attached hydrogens (tertiary/aromatic N) is 3. The third-order valence-electron chi connectivity index (χ3n) is 3.84. The molecule has 0 fully saturated rings. The first kappa shape index (κ1) is 20.0. The molecule has 0 atom stereocenters. The van der Waals surface area contributed by atoms with E-state index in [1.807, 2.05) is 18.2 Å². The number of ether oxygens (including phenoxy) is 2. The van der Waals surface area contributed by atoms with Crippen LogP contribution < -0.4 is 20.1 Å². The zero-order valence-corrected chi connectivity index (χ0v) is 17.1. The van der Waals surface area contributed by atoms with Gasteiger partial charge in [0.05, 0.1) is 30.0 Å². The minimum atomic E-state index is 0.396. The summed E-state index contributed by atoms with van der Waals surface area (Å²) < 4.78 is 10.6. The van der Waals surface area contributed by atoms with Crippen LogP contribution in [0.25, 0.3) is 0 Å². The minimum absolute atomic E-state index is 0.396. The molecule has 7 nitrogen and oxygen atoms in total. The topological polar surface area (TPSA) is 81.2 Å². The molecule has 0 aliphatic rings. The summed E-state index contributed by atoms with van der Waals surface area (Å²) in [6.07, 6.45) is 0. The molecule has 28 heavy (non-hydrogen) atoms. The molecule has 3 aromatic rings. The van der Waals surface area contributed by atoms with Gasteiger partial charge in [-0.05, 0) is 36.8 Å². The van der Waals surface area contributed by atoms with Gasteiger partial charge in [0, 0.05) is 12.6 Å². The van der Waals surface area contributed by atoms with Crippen LogP contribution in [0.15, 0.2) is 36.4 Å². The molecule has 0 saturated heterocycles. The van der Waals surface area contributed by atoms with Gasteiger partial charge in [-0.15, -0.1) is 0 Å². The molecule has 0 bridgehead atoms. The Hall–Kier alpha value is -2.77. The van der Waals surface area contributed by atoms with Gasteiger partial charge in [-0.2, -0.15) is 15.0 Å². The maximum absolute atomic E-state index is 6.05. The van der Waals surface area contributed by atoms with Crippen LogP contribution in [0, 0.1) is 6.92 Å². The van der Waals surface area contributed by atoms with E-state index in [1.54, 1.807) is 39.3 Å². The standard InChI is InChI=1S/C19H19Cl2N5O2/c1-11-23-18(22-10-12-4-6-14(20)15(21)8-12)26-19(24-11)25-16-7-5-13(27-2)9-17(16)28-3/h4-9H,10H2,1-3H3,(H2,22,23,24,25,26). The second kappa shape index (κ2) is 8.95. The highest BCUT2D eigenvalue weighted by Gasteiger charge is 2.09. The van der Waals surface area contributed by atoms with Crippen LogP contribution in [0.4, 0.5) is 17.6 Å². The minimum Gasteiger partial charge on any atom is -0.497 e. The number of nitrogens with one attached hydrogen (secondary N) is 2. The van der Waals surface area contributed by atoms with Gasteiger partial charge in [0.15, 0.2) is 0 Å². The van der Waals surface area contributed by atoms with Crippen molar-refractivity contribution in [2.75, 3.05) is 24.9 Å². The molecule has 0 radical (unpaired) electrons. The molecular formula is C19H19Cl2N5O2. The molecule has 1 aromatic heterocycles. The van der Waals surface area contributed by atoms with E-state index in [1.165, 1.54) is 0 Å². The molecule has 1 heterocycles. The Labute approximate surface area is 173 Å². The van der Waals surface area contributed by atoms with Crippen molar-refractivity contribution in [3.05, 3.63) is 57.8 Å². The van der Waals surface area contributed by atoms with E-state index in [-0.39, 0.29) is 0 Å². The molecule has 2 aromatic carbocycles. The van der Waals surface area contributed by atoms with Crippen molar-refractivity contribution in [1.82, 2.24) is 15.0 Å². The first-order valence-electron chi connectivity index (χ1n) is 8.38. The fourth-order valence-corrected chi connectivity index (χ4v) is 2.79. The van der Waals surface area contributed by atoms with Gasteiger partial charge >= 0.3 is 0 Å². The van der Waals surface area contributed by atoms with Crippen molar-refractivity contribution < 1.29 is 9.47 Å². The van der Waals surface area contributed by atoms with E-state index in [9.17, 15) is 0 Å². The van der Waals surface area contributed by atoms with Crippen molar-refractivity contribution in [2.24, 2.45) is 0 Å². The number of aromatic nitrogens is 3. The van der Waals surface area contributed by atoms with Crippen LogP contribution in [0.3, 0.4) is 0 Å². The predicted octanol–water partition coefficient (Wildman–Crippen LogP) is 4.86. The third kappa shape index (κ3) is 4.94. The molecule has 0 aliphatic carbocycles. The fraction of sp³-hybridized carbons (Fsp3) is 0.211. The summed E-state index contributed by atoms with van der Waals surface area (Å²) in [5, 5.41) is 7.33. The van der Waals surface area contributed by atoms with Crippen molar-refractivity contribution in [2.45, 2.75) is 13.5 Å². The Kier molecular flexibility index (Phi) is 6.38. The highest BCUT2D eigenvalue weighted by atomic mass is 35.5. The van der Waals surface area contributed by atoms with Gasteiger partial charge in [-0.25, -0.2) is 0 Å². The lowest BCUT2D eigenvalue weighted by Crippen LogP contribution is -2.08. The average molecular weight is 420 g/mol. The molecule has 0 saturated carbocycles. The van der Waals surface area contributed by atoms with Crippen LogP contribution in [-0.2, 0) is 6.54 Å². The first-order valence-corrected chi connectivity index (χ1v) is 9.13. The maximum Gasteiger partial charge on any atom is 0.232 e. The summed E-state index contributed by atoms with van der Waals surface area (Å²) in [4.78, 5) is 13.1. The second-order valence-corrected chi connectivity index (χ2v) is 6.64. The van der Waals surface area contributed by atoms with Crippen LogP contribution in [0.1, 0.15) is 11.4 Å². The highest BCUT2D eigenvalue weighted by Crippen LogP contribution is 2.30. The third-order valence-corrected chi connectivity index (χ3v) is 4.58. The molecule has 0 unspecified atom stereocenters. The number of anilines is 3. The van der Waals surface area contributed by atoms with E-state index in [4.69, 9.17) is 32.7 Å². The molecule has 9 heteroatoms. The number of hydrogen-bond donors (Lipinski definition) is 2. The summed E-state index contributed by atoms with van der Waals surface area (Å²) in [5.74, 6) is 2.71. The lowest BCUT2D eigenvalue weighted by molar-refractivity contribution is 0.395. The van der Waals surface area contributed by atoms with E-state index >= 15 is 0 Å². The zero-order chi connectivity index (χ0) is 20.1. The number of rotatable bonds is 7. The summed E-state index contributed by atoms with van der Waals surface area (Å²) in [6, 6.07) is 10.9. The SMILES string of the molecule is COc1ccc(Nc2nc(C)nc(NCc3ccc(Cl)c(Cl)c3)n2)c(OC)c1. The van der Waals surface area contributed by atoms with Gasteiger partial charge in [-0.3, -0.25) is 0 Å². The predicted molar refractivity (Wildman–Crippen MR) is 111 cm³/mol. The molecule has 146 valence electrons. The summed E-state index contributed by atoms with van der Waals surface area (Å²) in [7, 11) is 3.19. The fourth-order valence-electron chi connectivity index (χ4n) is 2.47. The molecule has 0 spiro atoms. The number of halogens is 2. The van der Waals surface area contributed by atoms with Crippen molar-refractivity contribution in [3.8, 4) is 11.5 Å². The van der Waals surface area contributed by atoms with Crippen molar-refractivity contribution in [1.29, 1.82) is 0 Å². The van der Waals surface area contributed by atoms with Crippen LogP contribution in [0.2, 0.25) is 10.0 Å². The maximum atomic E-state index is 6.05.